The number of hydrogen-bond donors (Lipinski definition) is 0. The highest BCUT2D eigenvalue weighted by molar-refractivity contribution is 5.94. The predicted octanol–water partition coefficient (Wildman–Crippen LogP) is 3.16. The zero-order chi connectivity index (χ0) is 17.2. The lowest BCUT2D eigenvalue weighted by Gasteiger charge is -2.35. The number of fused-ring (bicyclic) bond motifs is 2. The van der Waals surface area contributed by atoms with Gasteiger partial charge in [-0.15, -0.1) is 0 Å². The van der Waals surface area contributed by atoms with E-state index in [4.69, 9.17) is 9.47 Å². The molecule has 3 atom stereocenters. The van der Waals surface area contributed by atoms with Crippen LogP contribution in [0.5, 0.6) is 11.5 Å². The van der Waals surface area contributed by atoms with Crippen molar-refractivity contribution in [3.63, 3.8) is 0 Å². The Balaban J connectivity index is 1.48. The van der Waals surface area contributed by atoms with Crippen LogP contribution in [0.3, 0.4) is 0 Å². The summed E-state index contributed by atoms with van der Waals surface area (Å²) in [6, 6.07) is 11.7. The van der Waals surface area contributed by atoms with Gasteiger partial charge in [0.1, 0.15) is 18.1 Å². The molecule has 2 aliphatic rings. The van der Waals surface area contributed by atoms with Crippen LogP contribution in [0.2, 0.25) is 0 Å². The Morgan fingerprint density at radius 3 is 2.72 bits per heavy atom. The van der Waals surface area contributed by atoms with Gasteiger partial charge in [0.2, 0.25) is 0 Å². The van der Waals surface area contributed by atoms with Crippen molar-refractivity contribution in [2.24, 2.45) is 5.92 Å². The van der Waals surface area contributed by atoms with Crippen molar-refractivity contribution in [3.8, 4) is 11.5 Å². The van der Waals surface area contributed by atoms with Gasteiger partial charge in [0.05, 0.1) is 18.7 Å². The molecule has 2 heterocycles. The van der Waals surface area contributed by atoms with Crippen molar-refractivity contribution in [2.45, 2.75) is 31.3 Å². The highest BCUT2D eigenvalue weighted by Crippen LogP contribution is 2.43. The molecule has 4 rings (SSSR count). The Morgan fingerprint density at radius 2 is 2.00 bits per heavy atom. The molecule has 0 spiro atoms. The highest BCUT2D eigenvalue weighted by Gasteiger charge is 2.48. The lowest BCUT2D eigenvalue weighted by molar-refractivity contribution is 0.0505. The van der Waals surface area contributed by atoms with Gasteiger partial charge < -0.3 is 14.4 Å². The molecule has 2 fully saturated rings. The lowest BCUT2D eigenvalue weighted by atomic mass is 9.99. The molecule has 25 heavy (non-hydrogen) atoms. The highest BCUT2D eigenvalue weighted by atomic mass is 16.5. The monoisotopic (exact) mass is 338 g/mol. The quantitative estimate of drug-likeness (QED) is 0.840. The van der Waals surface area contributed by atoms with E-state index < -0.39 is 0 Å². The average molecular weight is 338 g/mol. The second-order valence-corrected chi connectivity index (χ2v) is 6.73. The second kappa shape index (κ2) is 6.75. The molecule has 2 aromatic rings. The van der Waals surface area contributed by atoms with E-state index in [2.05, 4.69) is 4.98 Å². The number of carbonyl (C=O) groups is 1. The number of piperidine rings is 1. The summed E-state index contributed by atoms with van der Waals surface area (Å²) in [4.78, 5) is 19.1. The first-order valence-corrected chi connectivity index (χ1v) is 8.76. The summed E-state index contributed by atoms with van der Waals surface area (Å²) in [5.41, 5.74) is 0.657. The van der Waals surface area contributed by atoms with Crippen LogP contribution in [0.4, 0.5) is 0 Å². The number of benzene rings is 1. The lowest BCUT2D eigenvalue weighted by Crippen LogP contribution is -2.47. The summed E-state index contributed by atoms with van der Waals surface area (Å²) in [7, 11) is 1.65. The molecule has 2 bridgehead atoms. The van der Waals surface area contributed by atoms with Crippen molar-refractivity contribution in [1.29, 1.82) is 0 Å². The summed E-state index contributed by atoms with van der Waals surface area (Å²) < 4.78 is 11.2. The number of carbonyl (C=O) groups excluding carboxylic acids is 1. The zero-order valence-corrected chi connectivity index (χ0v) is 14.3. The van der Waals surface area contributed by atoms with Gasteiger partial charge >= 0.3 is 0 Å². The van der Waals surface area contributed by atoms with Crippen molar-refractivity contribution >= 4 is 5.91 Å². The van der Waals surface area contributed by atoms with Crippen LogP contribution in [-0.2, 0) is 0 Å². The zero-order valence-electron chi connectivity index (χ0n) is 14.3. The predicted molar refractivity (Wildman–Crippen MR) is 93.8 cm³/mol. The van der Waals surface area contributed by atoms with E-state index in [-0.39, 0.29) is 11.9 Å². The fourth-order valence-corrected chi connectivity index (χ4v) is 4.12. The fraction of sp³-hybridized carbons (Fsp3) is 0.400. The molecule has 1 aliphatic carbocycles. The molecule has 5 heteroatoms. The summed E-state index contributed by atoms with van der Waals surface area (Å²) in [5.74, 6) is 2.21. The number of ether oxygens (including phenoxy) is 2. The number of rotatable bonds is 5. The number of methoxy groups -OCH3 is 1. The Bertz CT molecular complexity index is 732. The number of nitrogens with zero attached hydrogens (tertiary/aromatic N) is 2. The molecule has 2 unspecified atom stereocenters. The van der Waals surface area contributed by atoms with Gasteiger partial charge in [-0.2, -0.15) is 0 Å². The number of amides is 1. The maximum absolute atomic E-state index is 13.0. The van der Waals surface area contributed by atoms with Gasteiger partial charge in [0, 0.05) is 18.4 Å². The summed E-state index contributed by atoms with van der Waals surface area (Å²) >= 11 is 0. The van der Waals surface area contributed by atoms with E-state index in [0.717, 1.165) is 24.3 Å². The van der Waals surface area contributed by atoms with Crippen molar-refractivity contribution in [3.05, 3.63) is 54.4 Å². The average Bonchev–Trinajstić information content (AvgIpc) is 3.28. The summed E-state index contributed by atoms with van der Waals surface area (Å²) in [6.07, 6.45) is 6.70. The normalized spacial score (nSPS) is 24.4. The number of likely N-dealkylation sites (tertiary alicyclic amines) is 1. The molecular weight excluding hydrogens is 316 g/mol. The minimum absolute atomic E-state index is 0.0728. The Labute approximate surface area is 147 Å². The van der Waals surface area contributed by atoms with E-state index in [9.17, 15) is 4.79 Å². The van der Waals surface area contributed by atoms with Crippen molar-refractivity contribution in [1.82, 2.24) is 9.88 Å². The van der Waals surface area contributed by atoms with Crippen molar-refractivity contribution in [2.75, 3.05) is 13.7 Å². The molecule has 1 aromatic heterocycles. The second-order valence-electron chi connectivity index (χ2n) is 6.73. The summed E-state index contributed by atoms with van der Waals surface area (Å²) in [5, 5.41) is 0. The largest absolute Gasteiger partial charge is 0.497 e. The van der Waals surface area contributed by atoms with Gasteiger partial charge in [-0.1, -0.05) is 0 Å². The molecule has 5 nitrogen and oxygen atoms in total. The van der Waals surface area contributed by atoms with Crippen LogP contribution in [-0.4, -0.2) is 41.6 Å². The van der Waals surface area contributed by atoms with E-state index in [0.29, 0.717) is 24.1 Å². The molecule has 0 radical (unpaired) electrons. The number of aromatic nitrogens is 1. The number of hydrogen-bond acceptors (Lipinski definition) is 4. The van der Waals surface area contributed by atoms with Crippen LogP contribution in [0.25, 0.3) is 0 Å². The molecule has 1 aliphatic heterocycles. The van der Waals surface area contributed by atoms with Crippen LogP contribution in [0.1, 0.15) is 29.6 Å². The van der Waals surface area contributed by atoms with Gasteiger partial charge in [-0.05, 0) is 61.6 Å². The first-order valence-electron chi connectivity index (χ1n) is 8.76. The SMILES string of the molecule is COc1ccc(OC[C@@H]2C3CCC(C3)N2C(=O)c2cccnc2)cc1. The molecule has 1 saturated heterocycles. The van der Waals surface area contributed by atoms with E-state index in [1.54, 1.807) is 19.5 Å². The van der Waals surface area contributed by atoms with Gasteiger partial charge in [-0.3, -0.25) is 9.78 Å². The van der Waals surface area contributed by atoms with Gasteiger partial charge in [0.25, 0.3) is 5.91 Å². The van der Waals surface area contributed by atoms with Crippen LogP contribution in [0.15, 0.2) is 48.8 Å². The maximum atomic E-state index is 13.0. The van der Waals surface area contributed by atoms with Crippen molar-refractivity contribution < 1.29 is 14.3 Å². The molecule has 1 saturated carbocycles. The van der Waals surface area contributed by atoms with E-state index in [1.807, 2.05) is 41.3 Å². The molecule has 0 N–H and O–H groups in total. The first-order chi connectivity index (χ1) is 12.3. The number of pyridine rings is 1. The van der Waals surface area contributed by atoms with Gasteiger partial charge in [0.15, 0.2) is 0 Å². The Hall–Kier alpha value is -2.56. The third kappa shape index (κ3) is 3.06. The molecular formula is C20H22N2O3. The maximum Gasteiger partial charge on any atom is 0.256 e. The van der Waals surface area contributed by atoms with E-state index >= 15 is 0 Å². The smallest absolute Gasteiger partial charge is 0.256 e. The van der Waals surface area contributed by atoms with Crippen LogP contribution >= 0.6 is 0 Å². The minimum Gasteiger partial charge on any atom is -0.497 e. The Kier molecular flexibility index (Phi) is 4.30. The molecule has 1 amide bonds. The minimum atomic E-state index is 0.0728. The first kappa shape index (κ1) is 15.9. The summed E-state index contributed by atoms with van der Waals surface area (Å²) in [6.45, 7) is 0.527. The topological polar surface area (TPSA) is 51.7 Å². The van der Waals surface area contributed by atoms with E-state index in [1.165, 1.54) is 6.42 Å². The standard InChI is InChI=1S/C20H22N2O3/c1-24-17-6-8-18(9-7-17)25-13-19-14-4-5-16(11-14)22(19)20(23)15-3-2-10-21-12-15/h2-3,6-10,12,14,16,19H,4-5,11,13H2,1H3/t14?,16?,19-/m1/s1. The third-order valence-electron chi connectivity index (χ3n) is 5.36. The fourth-order valence-electron chi connectivity index (χ4n) is 4.12. The van der Waals surface area contributed by atoms with Crippen LogP contribution < -0.4 is 9.47 Å². The molecule has 130 valence electrons. The Morgan fingerprint density at radius 1 is 1.20 bits per heavy atom. The van der Waals surface area contributed by atoms with Crippen LogP contribution in [0, 0.1) is 5.92 Å². The van der Waals surface area contributed by atoms with Gasteiger partial charge in [-0.25, -0.2) is 0 Å². The third-order valence-corrected chi connectivity index (χ3v) is 5.36. The molecule has 1 aromatic carbocycles.